The van der Waals surface area contributed by atoms with Crippen molar-refractivity contribution in [2.45, 2.75) is 0 Å². The second kappa shape index (κ2) is 10.8. The number of furan rings is 1. The summed E-state index contributed by atoms with van der Waals surface area (Å²) >= 11 is 0. The van der Waals surface area contributed by atoms with E-state index < -0.39 is 0 Å². The lowest BCUT2D eigenvalue weighted by Gasteiger charge is -2.28. The Balaban J connectivity index is 1.23. The fourth-order valence-corrected chi connectivity index (χ4v) is 6.86. The Morgan fingerprint density at radius 3 is 1.83 bits per heavy atom. The predicted octanol–water partition coefficient (Wildman–Crippen LogP) is 12.7. The van der Waals surface area contributed by atoms with Crippen LogP contribution in [-0.2, 0) is 0 Å². The minimum absolute atomic E-state index is 0.874. The van der Waals surface area contributed by atoms with Crippen LogP contribution < -0.4 is 4.90 Å². The van der Waals surface area contributed by atoms with Crippen molar-refractivity contribution in [1.82, 2.24) is 0 Å². The minimum atomic E-state index is 0.874. The van der Waals surface area contributed by atoms with Gasteiger partial charge in [0.25, 0.3) is 0 Å². The van der Waals surface area contributed by atoms with Crippen LogP contribution >= 0.6 is 0 Å². The summed E-state index contributed by atoms with van der Waals surface area (Å²) in [5.74, 6) is 0. The van der Waals surface area contributed by atoms with Crippen LogP contribution in [-0.4, -0.2) is 0 Å². The molecule has 0 fully saturated rings. The van der Waals surface area contributed by atoms with Crippen molar-refractivity contribution in [1.29, 1.82) is 0 Å². The van der Waals surface area contributed by atoms with E-state index in [1.165, 1.54) is 32.8 Å². The molecule has 0 amide bonds. The molecule has 0 bridgehead atoms. The average Bonchev–Trinajstić information content (AvgIpc) is 3.51. The third-order valence-electron chi connectivity index (χ3n) is 9.06. The summed E-state index contributed by atoms with van der Waals surface area (Å²) in [4.78, 5) is 2.35. The molecule has 1 heterocycles. The van der Waals surface area contributed by atoms with E-state index >= 15 is 0 Å². The SMILES string of the molecule is c1ccc(-c2ccccc2N(c2ccc(-c3cccc4ccccc34)cc2)c2ccc3c(c2)oc2c4ccccc4ccc32)cc1. The summed E-state index contributed by atoms with van der Waals surface area (Å²) in [5.41, 5.74) is 9.79. The Bertz CT molecular complexity index is 2520. The number of nitrogens with zero attached hydrogens (tertiary/aromatic N) is 1. The first-order chi connectivity index (χ1) is 22.8. The smallest absolute Gasteiger partial charge is 0.143 e. The zero-order valence-corrected chi connectivity index (χ0v) is 25.1. The lowest BCUT2D eigenvalue weighted by molar-refractivity contribution is 0.672. The van der Waals surface area contributed by atoms with Gasteiger partial charge >= 0.3 is 0 Å². The van der Waals surface area contributed by atoms with Crippen LogP contribution in [0.15, 0.2) is 180 Å². The van der Waals surface area contributed by atoms with Crippen molar-refractivity contribution in [3.63, 3.8) is 0 Å². The summed E-state index contributed by atoms with van der Waals surface area (Å²) in [6.45, 7) is 0. The van der Waals surface area contributed by atoms with Gasteiger partial charge in [-0.15, -0.1) is 0 Å². The van der Waals surface area contributed by atoms with Crippen molar-refractivity contribution in [2.75, 3.05) is 4.90 Å². The first kappa shape index (κ1) is 26.3. The van der Waals surface area contributed by atoms with E-state index in [1.54, 1.807) is 0 Å². The molecular formula is C44H29NO. The molecule has 2 nitrogen and oxygen atoms in total. The molecule has 0 unspecified atom stereocenters. The van der Waals surface area contributed by atoms with E-state index in [1.807, 2.05) is 0 Å². The summed E-state index contributed by atoms with van der Waals surface area (Å²) in [6, 6.07) is 62.7. The molecule has 0 saturated carbocycles. The van der Waals surface area contributed by atoms with Crippen LogP contribution in [0.2, 0.25) is 0 Å². The van der Waals surface area contributed by atoms with Gasteiger partial charge in [-0.1, -0.05) is 133 Å². The van der Waals surface area contributed by atoms with E-state index in [0.717, 1.165) is 50.0 Å². The fourth-order valence-electron chi connectivity index (χ4n) is 6.86. The lowest BCUT2D eigenvalue weighted by atomic mass is 9.97. The molecule has 0 spiro atoms. The van der Waals surface area contributed by atoms with E-state index in [2.05, 4.69) is 181 Å². The summed E-state index contributed by atoms with van der Waals surface area (Å²) in [6.07, 6.45) is 0. The summed E-state index contributed by atoms with van der Waals surface area (Å²) < 4.78 is 6.63. The first-order valence-corrected chi connectivity index (χ1v) is 15.7. The standard InChI is InChI=1S/C44H29NO/c1-2-11-31(12-3-1)38-17-8-9-20-42(38)45(34-24-21-33(22-25-34)37-19-10-15-30-13-4-6-16-36(30)37)35-26-28-40-41-27-23-32-14-5-7-18-39(32)44(41)46-43(40)29-35/h1-29H. The zero-order valence-electron chi connectivity index (χ0n) is 25.1. The highest BCUT2D eigenvalue weighted by molar-refractivity contribution is 6.15. The van der Waals surface area contributed by atoms with Crippen LogP contribution in [0.1, 0.15) is 0 Å². The largest absolute Gasteiger partial charge is 0.455 e. The van der Waals surface area contributed by atoms with Crippen molar-refractivity contribution in [2.24, 2.45) is 0 Å². The Hall–Kier alpha value is -6.12. The van der Waals surface area contributed by atoms with Gasteiger partial charge in [-0.25, -0.2) is 0 Å². The van der Waals surface area contributed by atoms with E-state index in [9.17, 15) is 0 Å². The second-order valence-corrected chi connectivity index (χ2v) is 11.7. The van der Waals surface area contributed by atoms with Crippen molar-refractivity contribution < 1.29 is 4.42 Å². The van der Waals surface area contributed by atoms with Crippen LogP contribution in [0, 0.1) is 0 Å². The van der Waals surface area contributed by atoms with Gasteiger partial charge in [0.05, 0.1) is 5.69 Å². The van der Waals surface area contributed by atoms with E-state index in [0.29, 0.717) is 0 Å². The number of para-hydroxylation sites is 1. The predicted molar refractivity (Wildman–Crippen MR) is 194 cm³/mol. The molecule has 0 N–H and O–H groups in total. The molecule has 0 radical (unpaired) electrons. The first-order valence-electron chi connectivity index (χ1n) is 15.7. The molecule has 2 heteroatoms. The molecule has 0 aliphatic carbocycles. The molecule has 0 atom stereocenters. The third kappa shape index (κ3) is 4.35. The summed E-state index contributed by atoms with van der Waals surface area (Å²) in [7, 11) is 0. The molecular weight excluding hydrogens is 558 g/mol. The van der Waals surface area contributed by atoms with E-state index in [4.69, 9.17) is 4.42 Å². The van der Waals surface area contributed by atoms with Crippen LogP contribution in [0.4, 0.5) is 17.1 Å². The maximum absolute atomic E-state index is 6.63. The number of fused-ring (bicyclic) bond motifs is 6. The molecule has 9 rings (SSSR count). The molecule has 9 aromatic rings. The second-order valence-electron chi connectivity index (χ2n) is 11.7. The van der Waals surface area contributed by atoms with Gasteiger partial charge in [0.15, 0.2) is 0 Å². The minimum Gasteiger partial charge on any atom is -0.455 e. The maximum Gasteiger partial charge on any atom is 0.143 e. The Kier molecular flexibility index (Phi) is 6.17. The van der Waals surface area contributed by atoms with Crippen LogP contribution in [0.25, 0.3) is 65.7 Å². The van der Waals surface area contributed by atoms with Crippen LogP contribution in [0.5, 0.6) is 0 Å². The van der Waals surface area contributed by atoms with Gasteiger partial charge in [0.1, 0.15) is 11.2 Å². The lowest BCUT2D eigenvalue weighted by Crippen LogP contribution is -2.11. The molecule has 8 aromatic carbocycles. The van der Waals surface area contributed by atoms with Gasteiger partial charge in [0, 0.05) is 39.2 Å². The van der Waals surface area contributed by atoms with Gasteiger partial charge in [-0.05, 0) is 69.2 Å². The topological polar surface area (TPSA) is 16.4 Å². The number of hydrogen-bond acceptors (Lipinski definition) is 2. The van der Waals surface area contributed by atoms with Crippen molar-refractivity contribution in [3.05, 3.63) is 176 Å². The number of benzene rings is 8. The van der Waals surface area contributed by atoms with Crippen LogP contribution in [0.3, 0.4) is 0 Å². The van der Waals surface area contributed by atoms with Crippen molar-refractivity contribution >= 4 is 60.5 Å². The molecule has 46 heavy (non-hydrogen) atoms. The Morgan fingerprint density at radius 2 is 0.978 bits per heavy atom. The molecule has 1 aromatic heterocycles. The third-order valence-corrected chi connectivity index (χ3v) is 9.06. The zero-order chi connectivity index (χ0) is 30.5. The molecule has 216 valence electrons. The average molecular weight is 588 g/mol. The highest BCUT2D eigenvalue weighted by Crippen LogP contribution is 2.44. The highest BCUT2D eigenvalue weighted by atomic mass is 16.3. The molecule has 0 aliphatic rings. The van der Waals surface area contributed by atoms with Crippen molar-refractivity contribution in [3.8, 4) is 22.3 Å². The number of anilines is 3. The van der Waals surface area contributed by atoms with Gasteiger partial charge in [-0.3, -0.25) is 0 Å². The monoisotopic (exact) mass is 587 g/mol. The summed E-state index contributed by atoms with van der Waals surface area (Å²) in [5, 5.41) is 7.07. The molecule has 0 aliphatic heterocycles. The van der Waals surface area contributed by atoms with Gasteiger partial charge < -0.3 is 9.32 Å². The normalized spacial score (nSPS) is 11.5. The Morgan fingerprint density at radius 1 is 0.370 bits per heavy atom. The molecule has 0 saturated heterocycles. The number of rotatable bonds is 5. The van der Waals surface area contributed by atoms with Gasteiger partial charge in [0.2, 0.25) is 0 Å². The quantitative estimate of drug-likeness (QED) is 0.199. The Labute approximate surface area is 267 Å². The number of hydrogen-bond donors (Lipinski definition) is 0. The maximum atomic E-state index is 6.63. The highest BCUT2D eigenvalue weighted by Gasteiger charge is 2.19. The fraction of sp³-hybridized carbons (Fsp3) is 0. The van der Waals surface area contributed by atoms with Gasteiger partial charge in [-0.2, -0.15) is 0 Å². The van der Waals surface area contributed by atoms with E-state index in [-0.39, 0.29) is 0 Å².